The van der Waals surface area contributed by atoms with Crippen LogP contribution in [0, 0.1) is 6.92 Å². The number of hydroxylamine groups is 1. The van der Waals surface area contributed by atoms with Gasteiger partial charge < -0.3 is 0 Å². The summed E-state index contributed by atoms with van der Waals surface area (Å²) in [4.78, 5) is 7.73. The van der Waals surface area contributed by atoms with Crippen molar-refractivity contribution in [3.05, 3.63) is 22.8 Å². The summed E-state index contributed by atoms with van der Waals surface area (Å²) in [5, 5.41) is 8.61. The molecule has 0 fully saturated rings. The molecule has 0 saturated heterocycles. The molecule has 0 radical (unpaired) electrons. The molecule has 5 heteroatoms. The summed E-state index contributed by atoms with van der Waals surface area (Å²) in [6.45, 7) is 1.85. The van der Waals surface area contributed by atoms with Gasteiger partial charge in [0.25, 0.3) is 0 Å². The van der Waals surface area contributed by atoms with Crippen LogP contribution < -0.4 is 5.48 Å². The monoisotopic (exact) mass is 185 g/mol. The number of halogens is 1. The standard InChI is InChI=1S/C7H8ClN3O/c1-5-2-3-6(8)11-7(5)9-4-10-12/h2-4,12H,1H3,(H,9,10,11). The Balaban J connectivity index is 2.97. The van der Waals surface area contributed by atoms with Crippen molar-refractivity contribution < 1.29 is 5.21 Å². The molecule has 0 amide bonds. The van der Waals surface area contributed by atoms with E-state index >= 15 is 0 Å². The third-order valence-corrected chi connectivity index (χ3v) is 1.49. The summed E-state index contributed by atoms with van der Waals surface area (Å²) >= 11 is 5.63. The summed E-state index contributed by atoms with van der Waals surface area (Å²) in [5.41, 5.74) is 2.68. The number of hydrogen-bond donors (Lipinski definition) is 2. The zero-order valence-electron chi connectivity index (χ0n) is 6.45. The quantitative estimate of drug-likeness (QED) is 0.319. The third kappa shape index (κ3) is 2.18. The molecule has 1 rings (SSSR count). The molecule has 1 aromatic rings. The fraction of sp³-hybridized carbons (Fsp3) is 0.143. The molecular formula is C7H8ClN3O. The zero-order valence-corrected chi connectivity index (χ0v) is 7.21. The van der Waals surface area contributed by atoms with Crippen LogP contribution in [0.4, 0.5) is 5.82 Å². The van der Waals surface area contributed by atoms with E-state index in [1.54, 1.807) is 17.6 Å². The van der Waals surface area contributed by atoms with Crippen molar-refractivity contribution in [3.63, 3.8) is 0 Å². The van der Waals surface area contributed by atoms with Crippen LogP contribution in [0.1, 0.15) is 5.56 Å². The Hall–Kier alpha value is -1.13. The maximum absolute atomic E-state index is 8.23. The summed E-state index contributed by atoms with van der Waals surface area (Å²) in [6, 6.07) is 3.49. The lowest BCUT2D eigenvalue weighted by molar-refractivity contribution is 0.240. The van der Waals surface area contributed by atoms with Gasteiger partial charge in [-0.05, 0) is 18.6 Å². The van der Waals surface area contributed by atoms with Crippen LogP contribution in [0.3, 0.4) is 0 Å². The minimum absolute atomic E-state index is 0.380. The van der Waals surface area contributed by atoms with E-state index in [9.17, 15) is 0 Å². The molecule has 64 valence electrons. The second-order valence-electron chi connectivity index (χ2n) is 2.16. The Morgan fingerprint density at radius 2 is 2.42 bits per heavy atom. The van der Waals surface area contributed by atoms with E-state index in [2.05, 4.69) is 9.98 Å². The fourth-order valence-corrected chi connectivity index (χ4v) is 0.859. The largest absolute Gasteiger partial charge is 0.290 e. The van der Waals surface area contributed by atoms with Gasteiger partial charge in [-0.1, -0.05) is 17.7 Å². The molecule has 0 atom stereocenters. The number of aliphatic imine (C=N–C) groups is 1. The van der Waals surface area contributed by atoms with Crippen molar-refractivity contribution in [3.8, 4) is 0 Å². The first-order chi connectivity index (χ1) is 5.74. The van der Waals surface area contributed by atoms with Gasteiger partial charge in [0.15, 0.2) is 5.82 Å². The normalized spacial score (nSPS) is 10.6. The molecule has 0 aliphatic rings. The summed E-state index contributed by atoms with van der Waals surface area (Å²) in [6.07, 6.45) is 1.13. The van der Waals surface area contributed by atoms with E-state index in [-0.39, 0.29) is 0 Å². The van der Waals surface area contributed by atoms with E-state index < -0.39 is 0 Å². The highest BCUT2D eigenvalue weighted by atomic mass is 35.5. The molecule has 0 saturated carbocycles. The maximum atomic E-state index is 8.23. The maximum Gasteiger partial charge on any atom is 0.158 e. The van der Waals surface area contributed by atoms with Crippen molar-refractivity contribution in [2.24, 2.45) is 4.99 Å². The number of aryl methyl sites for hydroxylation is 1. The Bertz CT molecular complexity index is 301. The molecule has 0 aliphatic carbocycles. The van der Waals surface area contributed by atoms with Gasteiger partial charge in [0.05, 0.1) is 0 Å². The van der Waals surface area contributed by atoms with Gasteiger partial charge in [0.2, 0.25) is 0 Å². The lowest BCUT2D eigenvalue weighted by Crippen LogP contribution is -2.01. The van der Waals surface area contributed by atoms with Crippen molar-refractivity contribution >= 4 is 23.8 Å². The SMILES string of the molecule is Cc1ccc(Cl)nc1/N=C/NO. The molecule has 1 aromatic heterocycles. The number of nitrogens with one attached hydrogen (secondary N) is 1. The van der Waals surface area contributed by atoms with Gasteiger partial charge >= 0.3 is 0 Å². The molecule has 0 aromatic carbocycles. The minimum atomic E-state index is 0.380. The van der Waals surface area contributed by atoms with E-state index in [1.807, 2.05) is 6.92 Å². The third-order valence-electron chi connectivity index (χ3n) is 1.28. The van der Waals surface area contributed by atoms with E-state index in [0.717, 1.165) is 11.9 Å². The van der Waals surface area contributed by atoms with Gasteiger partial charge in [-0.2, -0.15) is 0 Å². The number of rotatable bonds is 2. The van der Waals surface area contributed by atoms with E-state index in [0.29, 0.717) is 11.0 Å². The number of aromatic nitrogens is 1. The predicted octanol–water partition coefficient (Wildman–Crippen LogP) is 1.68. The number of hydrogen-bond acceptors (Lipinski definition) is 3. The average molecular weight is 186 g/mol. The van der Waals surface area contributed by atoms with Crippen LogP contribution in [-0.2, 0) is 0 Å². The van der Waals surface area contributed by atoms with Crippen LogP contribution in [0.25, 0.3) is 0 Å². The van der Waals surface area contributed by atoms with E-state index in [1.165, 1.54) is 0 Å². The fourth-order valence-electron chi connectivity index (χ4n) is 0.716. The summed E-state index contributed by atoms with van der Waals surface area (Å²) in [7, 11) is 0. The highest BCUT2D eigenvalue weighted by molar-refractivity contribution is 6.29. The topological polar surface area (TPSA) is 57.5 Å². The Morgan fingerprint density at radius 3 is 3.08 bits per heavy atom. The van der Waals surface area contributed by atoms with Gasteiger partial charge in [0, 0.05) is 0 Å². The van der Waals surface area contributed by atoms with Gasteiger partial charge in [-0.3, -0.25) is 10.7 Å². The molecule has 0 spiro atoms. The van der Waals surface area contributed by atoms with Crippen LogP contribution in [0.15, 0.2) is 17.1 Å². The number of nitrogens with zero attached hydrogens (tertiary/aromatic N) is 2. The first-order valence-corrected chi connectivity index (χ1v) is 3.67. The molecule has 0 unspecified atom stereocenters. The molecule has 0 aliphatic heterocycles. The first kappa shape index (κ1) is 8.96. The molecule has 2 N–H and O–H groups in total. The average Bonchev–Trinajstić information content (AvgIpc) is 2.07. The molecular weight excluding hydrogens is 178 g/mol. The highest BCUT2D eigenvalue weighted by Gasteiger charge is 1.97. The number of pyridine rings is 1. The zero-order chi connectivity index (χ0) is 8.97. The van der Waals surface area contributed by atoms with Gasteiger partial charge in [-0.25, -0.2) is 9.98 Å². The lowest BCUT2D eigenvalue weighted by atomic mass is 10.3. The van der Waals surface area contributed by atoms with E-state index in [4.69, 9.17) is 16.8 Å². The highest BCUT2D eigenvalue weighted by Crippen LogP contribution is 2.17. The van der Waals surface area contributed by atoms with Gasteiger partial charge in [0.1, 0.15) is 11.5 Å². The summed E-state index contributed by atoms with van der Waals surface area (Å²) < 4.78 is 0. The summed E-state index contributed by atoms with van der Waals surface area (Å²) in [5.74, 6) is 0.490. The van der Waals surface area contributed by atoms with Crippen molar-refractivity contribution in [1.82, 2.24) is 10.5 Å². The Labute approximate surface area is 74.9 Å². The lowest BCUT2D eigenvalue weighted by Gasteiger charge is -1.97. The smallest absolute Gasteiger partial charge is 0.158 e. The van der Waals surface area contributed by atoms with Gasteiger partial charge in [-0.15, -0.1) is 0 Å². The first-order valence-electron chi connectivity index (χ1n) is 3.29. The van der Waals surface area contributed by atoms with Crippen molar-refractivity contribution in [1.29, 1.82) is 0 Å². The van der Waals surface area contributed by atoms with Crippen molar-refractivity contribution in [2.45, 2.75) is 6.92 Å². The van der Waals surface area contributed by atoms with Crippen LogP contribution in [-0.4, -0.2) is 16.5 Å². The Morgan fingerprint density at radius 1 is 1.67 bits per heavy atom. The molecule has 12 heavy (non-hydrogen) atoms. The van der Waals surface area contributed by atoms with Crippen LogP contribution in [0.5, 0.6) is 0 Å². The predicted molar refractivity (Wildman–Crippen MR) is 47.1 cm³/mol. The minimum Gasteiger partial charge on any atom is -0.290 e. The second-order valence-corrected chi connectivity index (χ2v) is 2.55. The van der Waals surface area contributed by atoms with Crippen molar-refractivity contribution in [2.75, 3.05) is 0 Å². The second kappa shape index (κ2) is 4.04. The van der Waals surface area contributed by atoms with Crippen LogP contribution >= 0.6 is 11.6 Å². The van der Waals surface area contributed by atoms with Crippen LogP contribution in [0.2, 0.25) is 5.15 Å². The Kier molecular flexibility index (Phi) is 3.01. The molecule has 0 bridgehead atoms. The molecule has 4 nitrogen and oxygen atoms in total. The molecule has 1 heterocycles.